The number of carbonyl (C=O) groups is 4. The van der Waals surface area contributed by atoms with Gasteiger partial charge in [0.2, 0.25) is 11.8 Å². The summed E-state index contributed by atoms with van der Waals surface area (Å²) in [5, 5.41) is 6.32. The van der Waals surface area contributed by atoms with Crippen LogP contribution < -0.4 is 4.90 Å². The van der Waals surface area contributed by atoms with Gasteiger partial charge in [-0.2, -0.15) is 10.1 Å². The molecule has 0 unspecified atom stereocenters. The first-order chi connectivity index (χ1) is 21.8. The molecule has 3 aromatic carbocycles. The molecule has 2 saturated heterocycles. The fourth-order valence-electron chi connectivity index (χ4n) is 10.2. The molecular weight excluding hydrogens is 586 g/mol. The Kier molecular flexibility index (Phi) is 4.87. The molecular formula is C37H28ClN3O4. The van der Waals surface area contributed by atoms with Gasteiger partial charge in [-0.3, -0.25) is 19.2 Å². The Hall–Kier alpha value is -4.36. The van der Waals surface area contributed by atoms with Gasteiger partial charge in [-0.1, -0.05) is 78.4 Å². The smallest absolute Gasteiger partial charge is 0.254 e. The van der Waals surface area contributed by atoms with Crippen LogP contribution in [0.2, 0.25) is 5.02 Å². The summed E-state index contributed by atoms with van der Waals surface area (Å²) in [5.74, 6) is -2.58. The number of nitrogens with zero attached hydrogens (tertiary/aromatic N) is 3. The fraction of sp³-hybridized carbons (Fsp3) is 0.324. The van der Waals surface area contributed by atoms with Gasteiger partial charge in [-0.15, -0.1) is 0 Å². The third-order valence-electron chi connectivity index (χ3n) is 12.1. The summed E-state index contributed by atoms with van der Waals surface area (Å²) in [4.78, 5) is 58.2. The maximum absolute atomic E-state index is 14.7. The van der Waals surface area contributed by atoms with Crippen molar-refractivity contribution in [3.05, 3.63) is 112 Å². The standard InChI is InChI=1S/C37H28ClN3O4/c1-17-10-11-18(14-27(17)38)40-33(42)31-28-21-6-2-4-8-25(21)37(32(31)36(40)45,26-9-5-3-7-22(26)28)16-39-41-34(43)29-19-12-13-20(24-15-23(19)24)30(29)35(41)44/h2-14,16,19-20,23-24,28-32H,15H2,1H3/b39-16-/t19-,20-,23-,24+,28?,29+,30+,31+,32-,37?/m0/s1. The van der Waals surface area contributed by atoms with Gasteiger partial charge in [0.05, 0.1) is 34.8 Å². The maximum atomic E-state index is 14.7. The summed E-state index contributed by atoms with van der Waals surface area (Å²) in [6.45, 7) is 1.88. The van der Waals surface area contributed by atoms with Crippen molar-refractivity contribution in [1.29, 1.82) is 0 Å². The summed E-state index contributed by atoms with van der Waals surface area (Å²) < 4.78 is 0. The number of hydrogen-bond acceptors (Lipinski definition) is 5. The number of carbonyl (C=O) groups excluding carboxylic acids is 4. The molecule has 7 aliphatic carbocycles. The van der Waals surface area contributed by atoms with E-state index in [0.717, 1.165) is 39.2 Å². The number of benzene rings is 3. The number of rotatable bonds is 3. The van der Waals surface area contributed by atoms with Gasteiger partial charge in [-0.05, 0) is 77.0 Å². The maximum Gasteiger partial charge on any atom is 0.254 e. The second-order valence-electron chi connectivity index (χ2n) is 13.9. The second kappa shape index (κ2) is 8.46. The summed E-state index contributed by atoms with van der Waals surface area (Å²) in [6, 6.07) is 21.0. The third kappa shape index (κ3) is 2.96. The van der Waals surface area contributed by atoms with Crippen LogP contribution in [-0.2, 0) is 24.6 Å². The zero-order valence-corrected chi connectivity index (χ0v) is 25.1. The lowest BCUT2D eigenvalue weighted by Gasteiger charge is -2.52. The molecule has 0 N–H and O–H groups in total. The van der Waals surface area contributed by atoms with Crippen LogP contribution >= 0.6 is 11.6 Å². The zero-order chi connectivity index (χ0) is 30.5. The first-order valence-corrected chi connectivity index (χ1v) is 16.1. The quantitative estimate of drug-likeness (QED) is 0.230. The van der Waals surface area contributed by atoms with Gasteiger partial charge >= 0.3 is 0 Å². The third-order valence-corrected chi connectivity index (χ3v) is 12.5. The fourth-order valence-corrected chi connectivity index (χ4v) is 10.4. The van der Waals surface area contributed by atoms with E-state index in [0.29, 0.717) is 22.5 Å². The molecule has 222 valence electrons. The summed E-state index contributed by atoms with van der Waals surface area (Å²) in [7, 11) is 0. The van der Waals surface area contributed by atoms with E-state index < -0.39 is 17.3 Å². The van der Waals surface area contributed by atoms with E-state index in [1.54, 1.807) is 18.3 Å². The van der Waals surface area contributed by atoms with Crippen molar-refractivity contribution in [3.8, 4) is 0 Å². The topological polar surface area (TPSA) is 87.1 Å². The number of anilines is 1. The highest BCUT2D eigenvalue weighted by molar-refractivity contribution is 6.32. The highest BCUT2D eigenvalue weighted by Gasteiger charge is 2.69. The van der Waals surface area contributed by atoms with Crippen molar-refractivity contribution >= 4 is 47.1 Å². The van der Waals surface area contributed by atoms with Crippen molar-refractivity contribution in [1.82, 2.24) is 5.01 Å². The number of aryl methyl sites for hydroxylation is 1. The molecule has 4 bridgehead atoms. The molecule has 7 nitrogen and oxygen atoms in total. The normalized spacial score (nSPS) is 37.7. The molecule has 4 amide bonds. The lowest BCUT2D eigenvalue weighted by atomic mass is 9.47. The van der Waals surface area contributed by atoms with Gasteiger partial charge in [0.25, 0.3) is 11.8 Å². The Morgan fingerprint density at radius 2 is 1.38 bits per heavy atom. The molecule has 0 aromatic heterocycles. The molecule has 9 aliphatic rings. The number of allylic oxidation sites excluding steroid dienone is 2. The van der Waals surface area contributed by atoms with E-state index in [9.17, 15) is 19.2 Å². The molecule has 45 heavy (non-hydrogen) atoms. The highest BCUT2D eigenvalue weighted by atomic mass is 35.5. The van der Waals surface area contributed by atoms with Gasteiger partial charge < -0.3 is 0 Å². The van der Waals surface area contributed by atoms with Gasteiger partial charge in [0.1, 0.15) is 0 Å². The van der Waals surface area contributed by atoms with E-state index in [-0.39, 0.29) is 53.2 Å². The number of hydrazone groups is 1. The Morgan fingerprint density at radius 3 is 1.98 bits per heavy atom. The van der Waals surface area contributed by atoms with Crippen molar-refractivity contribution in [3.63, 3.8) is 0 Å². The molecule has 8 atom stereocenters. The van der Waals surface area contributed by atoms with Gasteiger partial charge in [-0.25, -0.2) is 4.90 Å². The number of hydrogen-bond donors (Lipinski definition) is 0. The van der Waals surface area contributed by atoms with Crippen molar-refractivity contribution < 1.29 is 19.2 Å². The summed E-state index contributed by atoms with van der Waals surface area (Å²) in [6.07, 6.45) is 7.02. The van der Waals surface area contributed by atoms with Crippen molar-refractivity contribution in [2.75, 3.05) is 4.90 Å². The number of amides is 4. The number of imide groups is 2. The Balaban J connectivity index is 1.15. The minimum atomic E-state index is -1.17. The van der Waals surface area contributed by atoms with E-state index in [2.05, 4.69) is 12.2 Å². The average Bonchev–Trinajstić information content (AvgIpc) is 3.79. The van der Waals surface area contributed by atoms with E-state index >= 15 is 0 Å². The van der Waals surface area contributed by atoms with Gasteiger partial charge in [0.15, 0.2) is 0 Å². The van der Waals surface area contributed by atoms with Crippen LogP contribution in [-0.4, -0.2) is 34.9 Å². The molecule has 4 fully saturated rings. The minimum Gasteiger partial charge on any atom is -0.274 e. The predicted molar refractivity (Wildman–Crippen MR) is 166 cm³/mol. The first-order valence-electron chi connectivity index (χ1n) is 15.8. The second-order valence-corrected chi connectivity index (χ2v) is 14.3. The monoisotopic (exact) mass is 613 g/mol. The Bertz CT molecular complexity index is 1920. The van der Waals surface area contributed by atoms with Crippen LogP contribution in [0.5, 0.6) is 0 Å². The molecule has 12 rings (SSSR count). The van der Waals surface area contributed by atoms with Crippen molar-refractivity contribution in [2.45, 2.75) is 24.7 Å². The summed E-state index contributed by atoms with van der Waals surface area (Å²) in [5.41, 5.74) is 3.79. The lowest BCUT2D eigenvalue weighted by molar-refractivity contribution is -0.140. The molecule has 2 heterocycles. The summed E-state index contributed by atoms with van der Waals surface area (Å²) >= 11 is 6.48. The van der Waals surface area contributed by atoms with Crippen LogP contribution in [0.25, 0.3) is 0 Å². The SMILES string of the molecule is Cc1ccc(N2C(=O)[C@@H]3C4c5ccccc5C(/C=N\N5C(=O)[C@@H]6[C@H]7C=C[C@@H]([C@@H]8C[C@H]78)[C@H]6C5=O)(c5ccccc54)[C@@H]3C2=O)cc1Cl. The van der Waals surface area contributed by atoms with Crippen LogP contribution in [0.4, 0.5) is 5.69 Å². The van der Waals surface area contributed by atoms with Crippen LogP contribution in [0.3, 0.4) is 0 Å². The van der Waals surface area contributed by atoms with Crippen molar-refractivity contribution in [2.24, 2.45) is 52.4 Å². The molecule has 3 aromatic rings. The highest BCUT2D eigenvalue weighted by Crippen LogP contribution is 2.66. The van der Waals surface area contributed by atoms with E-state index in [1.165, 1.54) is 4.90 Å². The molecule has 8 heteroatoms. The zero-order valence-electron chi connectivity index (χ0n) is 24.3. The average molecular weight is 614 g/mol. The predicted octanol–water partition coefficient (Wildman–Crippen LogP) is 5.24. The largest absolute Gasteiger partial charge is 0.274 e. The lowest BCUT2D eigenvalue weighted by Crippen LogP contribution is -2.55. The molecule has 2 aliphatic heterocycles. The van der Waals surface area contributed by atoms with Crippen LogP contribution in [0.15, 0.2) is 84.0 Å². The molecule has 0 spiro atoms. The van der Waals surface area contributed by atoms with E-state index in [4.69, 9.17) is 16.7 Å². The minimum absolute atomic E-state index is 0.0830. The van der Waals surface area contributed by atoms with Crippen LogP contribution in [0, 0.1) is 54.3 Å². The Morgan fingerprint density at radius 1 is 0.778 bits per heavy atom. The molecule has 0 radical (unpaired) electrons. The van der Waals surface area contributed by atoms with Crippen LogP contribution in [0.1, 0.15) is 40.2 Å². The molecule has 2 saturated carbocycles. The number of halogens is 1. The first kappa shape index (κ1) is 25.9. The van der Waals surface area contributed by atoms with E-state index in [1.807, 2.05) is 61.5 Å². The Labute approximate surface area is 264 Å². The van der Waals surface area contributed by atoms with Gasteiger partial charge in [0, 0.05) is 17.2 Å².